The maximum absolute atomic E-state index is 13.1. The first-order valence-corrected chi connectivity index (χ1v) is 12.7. The van der Waals surface area contributed by atoms with E-state index in [-0.39, 0.29) is 17.6 Å². The van der Waals surface area contributed by atoms with Crippen LogP contribution >= 0.6 is 0 Å². The Hall–Kier alpha value is -3.38. The minimum Gasteiger partial charge on any atom is -0.489 e. The Morgan fingerprint density at radius 2 is 1.73 bits per heavy atom. The number of nitrogens with zero attached hydrogens (tertiary/aromatic N) is 1. The lowest BCUT2D eigenvalue weighted by molar-refractivity contribution is 0.0883. The van der Waals surface area contributed by atoms with E-state index in [0.717, 1.165) is 27.7 Å². The number of sulfone groups is 1. The van der Waals surface area contributed by atoms with E-state index >= 15 is 0 Å². The highest BCUT2D eigenvalue weighted by Gasteiger charge is 2.31. The van der Waals surface area contributed by atoms with Gasteiger partial charge in [0.25, 0.3) is 0 Å². The molecule has 5 nitrogen and oxygen atoms in total. The summed E-state index contributed by atoms with van der Waals surface area (Å²) in [4.78, 5) is 13.1. The fraction of sp³-hybridized carbons (Fsp3) is 0.222. The standard InChI is InChI=1S/C27H25NO4S/c1-19-7-11-24(12-8-19)33(30,31)18-21-9-14-27(29)28-25-13-10-23(15-22(25)16-26(21)28)32-17-20-5-3-2-4-6-20/h2-8,10-13,15-16,21H,9,14,17-18H2,1H3. The van der Waals surface area contributed by atoms with Crippen LogP contribution in [-0.4, -0.2) is 24.6 Å². The largest absolute Gasteiger partial charge is 0.489 e. The number of fused-ring (bicyclic) bond motifs is 3. The molecule has 0 spiro atoms. The molecule has 0 bridgehead atoms. The first-order chi connectivity index (χ1) is 15.9. The van der Waals surface area contributed by atoms with Crippen molar-refractivity contribution < 1.29 is 17.9 Å². The number of hydrogen-bond donors (Lipinski definition) is 0. The van der Waals surface area contributed by atoms with Crippen LogP contribution in [0.15, 0.2) is 83.8 Å². The molecule has 1 unspecified atom stereocenters. The first-order valence-electron chi connectivity index (χ1n) is 11.1. The van der Waals surface area contributed by atoms with Gasteiger partial charge in [0.05, 0.1) is 16.2 Å². The zero-order valence-corrected chi connectivity index (χ0v) is 19.2. The molecule has 1 aliphatic heterocycles. The summed E-state index contributed by atoms with van der Waals surface area (Å²) in [5, 5.41) is 0.878. The van der Waals surface area contributed by atoms with Gasteiger partial charge in [0.1, 0.15) is 12.4 Å². The third kappa shape index (κ3) is 4.31. The highest BCUT2D eigenvalue weighted by atomic mass is 32.2. The van der Waals surface area contributed by atoms with E-state index in [4.69, 9.17) is 4.74 Å². The fourth-order valence-corrected chi connectivity index (χ4v) is 6.07. The van der Waals surface area contributed by atoms with Gasteiger partial charge in [-0.15, -0.1) is 0 Å². The van der Waals surface area contributed by atoms with Crippen LogP contribution in [-0.2, 0) is 16.4 Å². The van der Waals surface area contributed by atoms with E-state index < -0.39 is 9.84 Å². The molecular weight excluding hydrogens is 434 g/mol. The van der Waals surface area contributed by atoms with Crippen molar-refractivity contribution in [2.75, 3.05) is 5.75 Å². The van der Waals surface area contributed by atoms with Crippen LogP contribution in [0.5, 0.6) is 5.75 Å². The van der Waals surface area contributed by atoms with Crippen molar-refractivity contribution in [2.45, 2.75) is 37.2 Å². The van der Waals surface area contributed by atoms with Crippen molar-refractivity contribution in [3.8, 4) is 5.75 Å². The van der Waals surface area contributed by atoms with Crippen LogP contribution in [0, 0.1) is 6.92 Å². The van der Waals surface area contributed by atoms with Crippen molar-refractivity contribution in [1.29, 1.82) is 0 Å². The van der Waals surface area contributed by atoms with E-state index in [1.54, 1.807) is 16.7 Å². The zero-order valence-electron chi connectivity index (χ0n) is 18.4. The summed E-state index contributed by atoms with van der Waals surface area (Å²) < 4.78 is 33.8. The number of ether oxygens (including phenoxy) is 1. The van der Waals surface area contributed by atoms with Crippen LogP contribution in [0.1, 0.15) is 40.4 Å². The van der Waals surface area contributed by atoms with Gasteiger partial charge in [-0.25, -0.2) is 8.42 Å². The summed E-state index contributed by atoms with van der Waals surface area (Å²) in [6, 6.07) is 24.5. The monoisotopic (exact) mass is 459 g/mol. The summed E-state index contributed by atoms with van der Waals surface area (Å²) in [5.74, 6) is 0.458. The third-order valence-corrected chi connectivity index (χ3v) is 8.06. The molecule has 0 amide bonds. The average Bonchev–Trinajstić information content (AvgIpc) is 3.20. The van der Waals surface area contributed by atoms with Crippen molar-refractivity contribution in [3.05, 3.63) is 95.7 Å². The second kappa shape index (κ2) is 8.52. The van der Waals surface area contributed by atoms with Crippen molar-refractivity contribution >= 4 is 26.6 Å². The topological polar surface area (TPSA) is 65.4 Å². The van der Waals surface area contributed by atoms with Crippen LogP contribution in [0.3, 0.4) is 0 Å². The molecule has 33 heavy (non-hydrogen) atoms. The van der Waals surface area contributed by atoms with Crippen molar-refractivity contribution in [1.82, 2.24) is 4.57 Å². The molecular formula is C27H25NO4S. The summed E-state index contributed by atoms with van der Waals surface area (Å²) in [5.41, 5.74) is 3.64. The third-order valence-electron chi connectivity index (χ3n) is 6.22. The quantitative estimate of drug-likeness (QED) is 0.381. The summed E-state index contributed by atoms with van der Waals surface area (Å²) in [7, 11) is -3.47. The normalized spacial score (nSPS) is 16.0. The lowest BCUT2D eigenvalue weighted by Crippen LogP contribution is -2.26. The summed E-state index contributed by atoms with van der Waals surface area (Å²) in [6.45, 7) is 2.38. The Morgan fingerprint density at radius 3 is 2.48 bits per heavy atom. The SMILES string of the molecule is Cc1ccc(S(=O)(=O)CC2CCC(=O)n3c2cc2cc(OCc4ccccc4)ccc23)cc1. The lowest BCUT2D eigenvalue weighted by atomic mass is 9.97. The van der Waals surface area contributed by atoms with E-state index in [0.29, 0.717) is 30.1 Å². The van der Waals surface area contributed by atoms with Gasteiger partial charge < -0.3 is 4.74 Å². The molecule has 0 N–H and O–H groups in total. The van der Waals surface area contributed by atoms with E-state index in [1.807, 2.05) is 73.7 Å². The molecule has 1 aromatic heterocycles. The Labute approximate surface area is 193 Å². The van der Waals surface area contributed by atoms with Gasteiger partial charge in [-0.05, 0) is 55.3 Å². The van der Waals surface area contributed by atoms with Gasteiger partial charge in [0.2, 0.25) is 5.91 Å². The van der Waals surface area contributed by atoms with Crippen LogP contribution in [0.4, 0.5) is 0 Å². The first kappa shape index (κ1) is 21.5. The van der Waals surface area contributed by atoms with Gasteiger partial charge in [-0.2, -0.15) is 0 Å². The predicted octanol–water partition coefficient (Wildman–Crippen LogP) is 5.52. The maximum Gasteiger partial charge on any atom is 0.231 e. The summed E-state index contributed by atoms with van der Waals surface area (Å²) >= 11 is 0. The van der Waals surface area contributed by atoms with E-state index in [1.165, 1.54) is 0 Å². The van der Waals surface area contributed by atoms with Crippen molar-refractivity contribution in [2.24, 2.45) is 0 Å². The number of aryl methyl sites for hydroxylation is 1. The molecule has 0 aliphatic carbocycles. The number of rotatable bonds is 6. The second-order valence-corrected chi connectivity index (χ2v) is 10.7. The van der Waals surface area contributed by atoms with Gasteiger partial charge in [-0.3, -0.25) is 9.36 Å². The minimum absolute atomic E-state index is 0.00179. The van der Waals surface area contributed by atoms with Gasteiger partial charge in [0.15, 0.2) is 9.84 Å². The number of benzene rings is 3. The molecule has 2 heterocycles. The van der Waals surface area contributed by atoms with Gasteiger partial charge in [-0.1, -0.05) is 48.0 Å². The molecule has 4 aromatic rings. The Balaban J connectivity index is 1.44. The van der Waals surface area contributed by atoms with E-state index in [2.05, 4.69) is 0 Å². The maximum atomic E-state index is 13.1. The summed E-state index contributed by atoms with van der Waals surface area (Å²) in [6.07, 6.45) is 0.856. The molecule has 3 aromatic carbocycles. The highest BCUT2D eigenvalue weighted by molar-refractivity contribution is 7.91. The molecule has 0 saturated heterocycles. The molecule has 168 valence electrons. The number of hydrogen-bond acceptors (Lipinski definition) is 4. The zero-order chi connectivity index (χ0) is 23.0. The number of carbonyl (C=O) groups excluding carboxylic acids is 1. The molecule has 1 atom stereocenters. The molecule has 1 aliphatic rings. The lowest BCUT2D eigenvalue weighted by Gasteiger charge is -2.24. The van der Waals surface area contributed by atoms with Crippen LogP contribution in [0.2, 0.25) is 0 Å². The number of carbonyl (C=O) groups is 1. The average molecular weight is 460 g/mol. The highest BCUT2D eigenvalue weighted by Crippen LogP contribution is 2.36. The molecule has 0 saturated carbocycles. The minimum atomic E-state index is -3.47. The van der Waals surface area contributed by atoms with Crippen LogP contribution < -0.4 is 4.74 Å². The molecule has 6 heteroatoms. The smallest absolute Gasteiger partial charge is 0.231 e. The van der Waals surface area contributed by atoms with Crippen molar-refractivity contribution in [3.63, 3.8) is 0 Å². The molecule has 5 rings (SSSR count). The number of aromatic nitrogens is 1. The second-order valence-electron chi connectivity index (χ2n) is 8.62. The van der Waals surface area contributed by atoms with Gasteiger partial charge >= 0.3 is 0 Å². The van der Waals surface area contributed by atoms with Crippen LogP contribution in [0.25, 0.3) is 10.9 Å². The Bertz CT molecular complexity index is 1420. The fourth-order valence-electron chi connectivity index (χ4n) is 4.46. The van der Waals surface area contributed by atoms with E-state index in [9.17, 15) is 13.2 Å². The Kier molecular flexibility index (Phi) is 5.54. The predicted molar refractivity (Wildman–Crippen MR) is 129 cm³/mol. The molecule has 0 radical (unpaired) electrons. The molecule has 0 fully saturated rings. The van der Waals surface area contributed by atoms with Gasteiger partial charge in [0, 0.05) is 23.4 Å². The Morgan fingerprint density at radius 1 is 0.970 bits per heavy atom.